The normalized spacial score (nSPS) is 12.2. The molecule has 1 aromatic heterocycles. The summed E-state index contributed by atoms with van der Waals surface area (Å²) in [4.78, 5) is 25.5. The van der Waals surface area contributed by atoms with Crippen LogP contribution in [0.5, 0.6) is 11.5 Å². The van der Waals surface area contributed by atoms with E-state index in [-0.39, 0.29) is 12.6 Å². The summed E-state index contributed by atoms with van der Waals surface area (Å²) >= 11 is 0. The SMILES string of the molecule is O=C(/C=C/c1ccc2c(c1)OCO2)Nc1c(C(=O)Nc2ccccc2)oc2ccccc12. The molecule has 0 atom stereocenters. The van der Waals surface area contributed by atoms with Crippen molar-refractivity contribution in [1.82, 2.24) is 0 Å². The van der Waals surface area contributed by atoms with Gasteiger partial charge < -0.3 is 24.5 Å². The first-order valence-corrected chi connectivity index (χ1v) is 9.94. The first-order valence-electron chi connectivity index (χ1n) is 9.94. The van der Waals surface area contributed by atoms with Crippen LogP contribution in [-0.2, 0) is 4.79 Å². The van der Waals surface area contributed by atoms with E-state index in [0.717, 1.165) is 5.56 Å². The third-order valence-corrected chi connectivity index (χ3v) is 4.91. The van der Waals surface area contributed by atoms with Crippen LogP contribution in [0.15, 0.2) is 83.3 Å². The molecule has 4 aromatic rings. The maximum atomic E-state index is 12.9. The van der Waals surface area contributed by atoms with Crippen molar-refractivity contribution in [3.05, 3.63) is 90.2 Å². The summed E-state index contributed by atoms with van der Waals surface area (Å²) in [5.74, 6) is 0.476. The maximum Gasteiger partial charge on any atom is 0.293 e. The Balaban J connectivity index is 1.39. The fraction of sp³-hybridized carbons (Fsp3) is 0.0400. The van der Waals surface area contributed by atoms with Gasteiger partial charge in [0.1, 0.15) is 11.3 Å². The van der Waals surface area contributed by atoms with Crippen molar-refractivity contribution in [3.63, 3.8) is 0 Å². The Kier molecular flexibility index (Phi) is 5.05. The van der Waals surface area contributed by atoms with Gasteiger partial charge in [0.25, 0.3) is 5.91 Å². The van der Waals surface area contributed by atoms with Crippen molar-refractivity contribution in [3.8, 4) is 11.5 Å². The average Bonchev–Trinajstić information content (AvgIpc) is 3.43. The lowest BCUT2D eigenvalue weighted by Gasteiger charge is -2.06. The summed E-state index contributed by atoms with van der Waals surface area (Å²) in [6.45, 7) is 0.185. The van der Waals surface area contributed by atoms with E-state index in [4.69, 9.17) is 13.9 Å². The van der Waals surface area contributed by atoms with Crippen LogP contribution in [0, 0.1) is 0 Å². The molecule has 2 amide bonds. The predicted octanol–water partition coefficient (Wildman–Crippen LogP) is 5.07. The topological polar surface area (TPSA) is 89.8 Å². The Morgan fingerprint density at radius 2 is 1.62 bits per heavy atom. The predicted molar refractivity (Wildman–Crippen MR) is 121 cm³/mol. The van der Waals surface area contributed by atoms with Crippen molar-refractivity contribution >= 4 is 40.2 Å². The van der Waals surface area contributed by atoms with E-state index in [9.17, 15) is 9.59 Å². The number of anilines is 2. The zero-order valence-electron chi connectivity index (χ0n) is 16.8. The molecule has 0 saturated carbocycles. The summed E-state index contributed by atoms with van der Waals surface area (Å²) in [6, 6.07) is 21.6. The molecular formula is C25H18N2O5. The van der Waals surface area contributed by atoms with Crippen LogP contribution in [0.3, 0.4) is 0 Å². The van der Waals surface area contributed by atoms with Crippen molar-refractivity contribution in [2.24, 2.45) is 0 Å². The fourth-order valence-corrected chi connectivity index (χ4v) is 3.39. The Hall–Kier alpha value is -4.52. The van der Waals surface area contributed by atoms with Gasteiger partial charge in [0, 0.05) is 17.1 Å². The third kappa shape index (κ3) is 3.91. The summed E-state index contributed by atoms with van der Waals surface area (Å²) in [5, 5.41) is 6.21. The minimum absolute atomic E-state index is 0.0277. The number of fused-ring (bicyclic) bond motifs is 2. The van der Waals surface area contributed by atoms with E-state index in [0.29, 0.717) is 33.8 Å². The lowest BCUT2D eigenvalue weighted by Crippen LogP contribution is -2.15. The van der Waals surface area contributed by atoms with Crippen molar-refractivity contribution in [2.45, 2.75) is 0 Å². The highest BCUT2D eigenvalue weighted by atomic mass is 16.7. The van der Waals surface area contributed by atoms with Crippen LogP contribution in [-0.4, -0.2) is 18.6 Å². The lowest BCUT2D eigenvalue weighted by atomic mass is 10.2. The number of hydrogen-bond donors (Lipinski definition) is 2. The molecule has 0 saturated heterocycles. The monoisotopic (exact) mass is 426 g/mol. The van der Waals surface area contributed by atoms with Gasteiger partial charge in [-0.15, -0.1) is 0 Å². The van der Waals surface area contributed by atoms with Gasteiger partial charge in [-0.25, -0.2) is 0 Å². The lowest BCUT2D eigenvalue weighted by molar-refractivity contribution is -0.111. The Morgan fingerprint density at radius 3 is 2.50 bits per heavy atom. The van der Waals surface area contributed by atoms with Crippen molar-refractivity contribution in [2.75, 3.05) is 17.4 Å². The molecular weight excluding hydrogens is 408 g/mol. The highest BCUT2D eigenvalue weighted by molar-refractivity contribution is 6.16. The molecule has 1 aliphatic heterocycles. The number of para-hydroxylation sites is 2. The van der Waals surface area contributed by atoms with E-state index < -0.39 is 11.8 Å². The molecule has 7 nitrogen and oxygen atoms in total. The molecule has 7 heteroatoms. The van der Waals surface area contributed by atoms with E-state index in [1.165, 1.54) is 6.08 Å². The highest BCUT2D eigenvalue weighted by Gasteiger charge is 2.22. The van der Waals surface area contributed by atoms with Gasteiger partial charge in [-0.05, 0) is 48.0 Å². The summed E-state index contributed by atoms with van der Waals surface area (Å²) in [5.41, 5.74) is 2.22. The number of carbonyl (C=O) groups is 2. The zero-order chi connectivity index (χ0) is 21.9. The molecule has 0 fully saturated rings. The third-order valence-electron chi connectivity index (χ3n) is 4.91. The molecule has 0 aliphatic carbocycles. The Bertz CT molecular complexity index is 1340. The van der Waals surface area contributed by atoms with Gasteiger partial charge >= 0.3 is 0 Å². The Morgan fingerprint density at radius 1 is 0.844 bits per heavy atom. The fourth-order valence-electron chi connectivity index (χ4n) is 3.39. The number of amides is 2. The number of carbonyl (C=O) groups excluding carboxylic acids is 2. The second kappa shape index (κ2) is 8.31. The molecule has 1 aliphatic rings. The number of nitrogens with one attached hydrogen (secondary N) is 2. The molecule has 5 rings (SSSR count). The minimum Gasteiger partial charge on any atom is -0.454 e. The molecule has 2 N–H and O–H groups in total. The number of furan rings is 1. The summed E-state index contributed by atoms with van der Waals surface area (Å²) in [6.07, 6.45) is 3.04. The van der Waals surface area contributed by atoms with Crippen LogP contribution < -0.4 is 20.1 Å². The molecule has 32 heavy (non-hydrogen) atoms. The first-order chi connectivity index (χ1) is 15.7. The van der Waals surface area contributed by atoms with Crippen LogP contribution in [0.2, 0.25) is 0 Å². The minimum atomic E-state index is -0.456. The second-order valence-electron chi connectivity index (χ2n) is 7.06. The Labute approximate surface area is 183 Å². The average molecular weight is 426 g/mol. The van der Waals surface area contributed by atoms with Gasteiger partial charge in [-0.1, -0.05) is 36.4 Å². The summed E-state index contributed by atoms with van der Waals surface area (Å²) in [7, 11) is 0. The van der Waals surface area contributed by atoms with Crippen LogP contribution >= 0.6 is 0 Å². The maximum absolute atomic E-state index is 12.9. The standard InChI is InChI=1S/C25H18N2O5/c28-22(13-11-16-10-12-20-21(14-16)31-15-30-20)27-23-18-8-4-5-9-19(18)32-24(23)25(29)26-17-6-2-1-3-7-17/h1-14H,15H2,(H,26,29)(H,27,28)/b13-11+. The van der Waals surface area contributed by atoms with Gasteiger partial charge in [0.05, 0.1) is 0 Å². The van der Waals surface area contributed by atoms with E-state index >= 15 is 0 Å². The van der Waals surface area contributed by atoms with Gasteiger partial charge in [0.2, 0.25) is 18.5 Å². The zero-order valence-corrected chi connectivity index (χ0v) is 16.8. The largest absolute Gasteiger partial charge is 0.454 e. The van der Waals surface area contributed by atoms with Crippen LogP contribution in [0.25, 0.3) is 17.0 Å². The van der Waals surface area contributed by atoms with Gasteiger partial charge in [0.15, 0.2) is 11.5 Å². The van der Waals surface area contributed by atoms with E-state index in [2.05, 4.69) is 10.6 Å². The molecule has 0 spiro atoms. The van der Waals surface area contributed by atoms with Crippen LogP contribution in [0.1, 0.15) is 16.1 Å². The molecule has 2 heterocycles. The smallest absolute Gasteiger partial charge is 0.293 e. The van der Waals surface area contributed by atoms with Gasteiger partial charge in [-0.3, -0.25) is 9.59 Å². The van der Waals surface area contributed by atoms with Crippen molar-refractivity contribution < 1.29 is 23.5 Å². The quantitative estimate of drug-likeness (QED) is 0.435. The van der Waals surface area contributed by atoms with Crippen molar-refractivity contribution in [1.29, 1.82) is 0 Å². The molecule has 0 unspecified atom stereocenters. The number of ether oxygens (including phenoxy) is 2. The van der Waals surface area contributed by atoms with E-state index in [1.54, 1.807) is 48.5 Å². The van der Waals surface area contributed by atoms with E-state index in [1.807, 2.05) is 30.3 Å². The summed E-state index contributed by atoms with van der Waals surface area (Å²) < 4.78 is 16.4. The molecule has 158 valence electrons. The molecule has 3 aromatic carbocycles. The number of hydrogen-bond acceptors (Lipinski definition) is 5. The highest BCUT2D eigenvalue weighted by Crippen LogP contribution is 2.33. The number of rotatable bonds is 5. The molecule has 0 bridgehead atoms. The van der Waals surface area contributed by atoms with Gasteiger partial charge in [-0.2, -0.15) is 0 Å². The second-order valence-corrected chi connectivity index (χ2v) is 7.06. The van der Waals surface area contributed by atoms with Crippen LogP contribution in [0.4, 0.5) is 11.4 Å². The first kappa shape index (κ1) is 19.4. The molecule has 0 radical (unpaired) electrons. The number of benzene rings is 3.